The zero-order valence-electron chi connectivity index (χ0n) is 12.4. The van der Waals surface area contributed by atoms with Crippen molar-refractivity contribution >= 4 is 11.8 Å². The van der Waals surface area contributed by atoms with E-state index < -0.39 is 0 Å². The van der Waals surface area contributed by atoms with Crippen LogP contribution in [0.25, 0.3) is 0 Å². The lowest BCUT2D eigenvalue weighted by molar-refractivity contribution is -0.141. The molecule has 2 saturated heterocycles. The van der Waals surface area contributed by atoms with E-state index in [1.54, 1.807) is 6.92 Å². The number of nitrogens with zero attached hydrogens (tertiary/aromatic N) is 3. The Bertz CT molecular complexity index is 379. The fourth-order valence-corrected chi connectivity index (χ4v) is 3.45. The molecule has 3 fully saturated rings. The highest BCUT2D eigenvalue weighted by Gasteiger charge is 2.34. The summed E-state index contributed by atoms with van der Waals surface area (Å²) in [6.07, 6.45) is 4.36. The molecule has 0 aromatic carbocycles. The minimum atomic E-state index is 0.133. The van der Waals surface area contributed by atoms with Crippen LogP contribution in [0.1, 0.15) is 32.6 Å². The molecule has 0 radical (unpaired) electrons. The van der Waals surface area contributed by atoms with E-state index in [4.69, 9.17) is 0 Å². The molecule has 0 bridgehead atoms. The molecule has 0 aromatic rings. The fourth-order valence-electron chi connectivity index (χ4n) is 3.45. The molecule has 3 aliphatic rings. The van der Waals surface area contributed by atoms with E-state index in [2.05, 4.69) is 4.90 Å². The van der Waals surface area contributed by atoms with Gasteiger partial charge in [-0.15, -0.1) is 0 Å². The van der Waals surface area contributed by atoms with Gasteiger partial charge in [0.05, 0.1) is 0 Å². The maximum Gasteiger partial charge on any atom is 0.225 e. The van der Waals surface area contributed by atoms with E-state index in [1.165, 1.54) is 12.8 Å². The summed E-state index contributed by atoms with van der Waals surface area (Å²) in [4.78, 5) is 30.3. The molecule has 20 heavy (non-hydrogen) atoms. The second-order valence-corrected chi connectivity index (χ2v) is 6.37. The summed E-state index contributed by atoms with van der Waals surface area (Å²) < 4.78 is 0. The number of piperidine rings is 1. The van der Waals surface area contributed by atoms with Gasteiger partial charge in [0.1, 0.15) is 0 Å². The minimum Gasteiger partial charge on any atom is -0.343 e. The van der Waals surface area contributed by atoms with Gasteiger partial charge in [0.15, 0.2) is 0 Å². The molecule has 3 rings (SSSR count). The number of rotatable bonds is 2. The normalized spacial score (nSPS) is 25.9. The first-order chi connectivity index (χ1) is 9.65. The summed E-state index contributed by atoms with van der Waals surface area (Å²) in [7, 11) is 0. The third kappa shape index (κ3) is 2.97. The van der Waals surface area contributed by atoms with E-state index in [0.29, 0.717) is 5.91 Å². The van der Waals surface area contributed by atoms with Gasteiger partial charge < -0.3 is 9.80 Å². The third-order valence-electron chi connectivity index (χ3n) is 4.98. The predicted molar refractivity (Wildman–Crippen MR) is 76.2 cm³/mol. The molecule has 2 aliphatic heterocycles. The van der Waals surface area contributed by atoms with Crippen molar-refractivity contribution in [3.8, 4) is 0 Å². The molecule has 1 aliphatic carbocycles. The average Bonchev–Trinajstić information content (AvgIpc) is 3.31. The Hall–Kier alpha value is -1.10. The molecule has 2 heterocycles. The van der Waals surface area contributed by atoms with Crippen molar-refractivity contribution in [3.63, 3.8) is 0 Å². The Balaban J connectivity index is 1.46. The van der Waals surface area contributed by atoms with Gasteiger partial charge in [-0.3, -0.25) is 14.5 Å². The Morgan fingerprint density at radius 3 is 1.90 bits per heavy atom. The van der Waals surface area contributed by atoms with E-state index in [1.807, 2.05) is 9.80 Å². The van der Waals surface area contributed by atoms with Crippen LogP contribution in [-0.2, 0) is 9.59 Å². The van der Waals surface area contributed by atoms with Crippen molar-refractivity contribution in [3.05, 3.63) is 0 Å². The van der Waals surface area contributed by atoms with E-state index in [9.17, 15) is 9.59 Å². The maximum absolute atomic E-state index is 12.5. The fraction of sp³-hybridized carbons (Fsp3) is 0.867. The van der Waals surface area contributed by atoms with Crippen molar-refractivity contribution in [2.75, 3.05) is 39.3 Å². The lowest BCUT2D eigenvalue weighted by Gasteiger charge is -2.38. The van der Waals surface area contributed by atoms with Gasteiger partial charge in [-0.2, -0.15) is 0 Å². The average molecular weight is 279 g/mol. The van der Waals surface area contributed by atoms with Crippen LogP contribution >= 0.6 is 0 Å². The second kappa shape index (κ2) is 5.72. The van der Waals surface area contributed by atoms with Crippen LogP contribution in [0.5, 0.6) is 0 Å². The van der Waals surface area contributed by atoms with Crippen molar-refractivity contribution in [1.82, 2.24) is 14.7 Å². The highest BCUT2D eigenvalue weighted by molar-refractivity contribution is 5.80. The lowest BCUT2D eigenvalue weighted by atomic mass is 9.95. The predicted octanol–water partition coefficient (Wildman–Crippen LogP) is 0.552. The van der Waals surface area contributed by atoms with Crippen LogP contribution < -0.4 is 0 Å². The quantitative estimate of drug-likeness (QED) is 0.741. The molecule has 0 atom stereocenters. The van der Waals surface area contributed by atoms with Crippen molar-refractivity contribution in [2.24, 2.45) is 5.92 Å². The Kier molecular flexibility index (Phi) is 3.96. The highest BCUT2D eigenvalue weighted by Crippen LogP contribution is 2.28. The summed E-state index contributed by atoms with van der Waals surface area (Å²) in [5, 5.41) is 0. The molecule has 0 unspecified atom stereocenters. The van der Waals surface area contributed by atoms with Crippen LogP contribution in [0.15, 0.2) is 0 Å². The Morgan fingerprint density at radius 2 is 1.40 bits per heavy atom. The topological polar surface area (TPSA) is 43.9 Å². The number of likely N-dealkylation sites (tertiary alicyclic amines) is 1. The van der Waals surface area contributed by atoms with Gasteiger partial charge in [0.2, 0.25) is 11.8 Å². The minimum absolute atomic E-state index is 0.133. The highest BCUT2D eigenvalue weighted by atomic mass is 16.2. The first kappa shape index (κ1) is 13.9. The first-order valence-electron chi connectivity index (χ1n) is 7.93. The maximum atomic E-state index is 12.5. The van der Waals surface area contributed by atoms with Gasteiger partial charge in [0, 0.05) is 58.2 Å². The number of piperazine rings is 1. The molecule has 0 N–H and O–H groups in total. The monoisotopic (exact) mass is 279 g/mol. The standard InChI is InChI=1S/C15H25N3O2/c1-12(19)16-6-4-13(5-7-16)15(20)18-10-8-17(9-11-18)14-2-3-14/h13-14H,2-11H2,1H3. The molecule has 5 nitrogen and oxygen atoms in total. The number of hydrogen-bond acceptors (Lipinski definition) is 3. The van der Waals surface area contributed by atoms with Crippen LogP contribution in [0, 0.1) is 5.92 Å². The summed E-state index contributed by atoms with van der Waals surface area (Å²) in [5.74, 6) is 0.593. The van der Waals surface area contributed by atoms with Gasteiger partial charge in [-0.1, -0.05) is 0 Å². The van der Waals surface area contributed by atoms with Crippen LogP contribution in [-0.4, -0.2) is 71.8 Å². The van der Waals surface area contributed by atoms with Crippen molar-refractivity contribution in [2.45, 2.75) is 38.6 Å². The molecular formula is C15H25N3O2. The summed E-state index contributed by atoms with van der Waals surface area (Å²) >= 11 is 0. The molecule has 1 saturated carbocycles. The molecular weight excluding hydrogens is 254 g/mol. The Labute approximate surface area is 120 Å². The van der Waals surface area contributed by atoms with Gasteiger partial charge in [-0.25, -0.2) is 0 Å². The molecule has 0 spiro atoms. The number of amides is 2. The van der Waals surface area contributed by atoms with E-state index in [0.717, 1.165) is 58.2 Å². The summed E-state index contributed by atoms with van der Waals surface area (Å²) in [6, 6.07) is 0.811. The zero-order valence-corrected chi connectivity index (χ0v) is 12.4. The zero-order chi connectivity index (χ0) is 14.1. The first-order valence-corrected chi connectivity index (χ1v) is 7.93. The van der Waals surface area contributed by atoms with Crippen LogP contribution in [0.3, 0.4) is 0 Å². The second-order valence-electron chi connectivity index (χ2n) is 6.37. The smallest absolute Gasteiger partial charge is 0.225 e. The van der Waals surface area contributed by atoms with Gasteiger partial charge >= 0.3 is 0 Å². The third-order valence-corrected chi connectivity index (χ3v) is 4.98. The summed E-state index contributed by atoms with van der Waals surface area (Å²) in [6.45, 7) is 6.97. The lowest BCUT2D eigenvalue weighted by Crippen LogP contribution is -2.52. The van der Waals surface area contributed by atoms with E-state index in [-0.39, 0.29) is 11.8 Å². The van der Waals surface area contributed by atoms with Gasteiger partial charge in [0.25, 0.3) is 0 Å². The summed E-state index contributed by atoms with van der Waals surface area (Å²) in [5.41, 5.74) is 0. The van der Waals surface area contributed by atoms with Crippen molar-refractivity contribution < 1.29 is 9.59 Å². The van der Waals surface area contributed by atoms with Gasteiger partial charge in [-0.05, 0) is 25.7 Å². The number of carbonyl (C=O) groups is 2. The van der Waals surface area contributed by atoms with Crippen LogP contribution in [0.4, 0.5) is 0 Å². The molecule has 0 aromatic heterocycles. The largest absolute Gasteiger partial charge is 0.343 e. The van der Waals surface area contributed by atoms with Crippen molar-refractivity contribution in [1.29, 1.82) is 0 Å². The van der Waals surface area contributed by atoms with E-state index >= 15 is 0 Å². The number of hydrogen-bond donors (Lipinski definition) is 0. The molecule has 2 amide bonds. The molecule has 112 valence electrons. The number of carbonyl (C=O) groups excluding carboxylic acids is 2. The van der Waals surface area contributed by atoms with Crippen LogP contribution in [0.2, 0.25) is 0 Å². The SMILES string of the molecule is CC(=O)N1CCC(C(=O)N2CCN(C3CC3)CC2)CC1. The molecule has 5 heteroatoms. The Morgan fingerprint density at radius 1 is 0.800 bits per heavy atom.